The maximum atomic E-state index is 13.2. The number of hydrogen-bond donors (Lipinski definition) is 0. The predicted octanol–water partition coefficient (Wildman–Crippen LogP) is 4.69. The highest BCUT2D eigenvalue weighted by Crippen LogP contribution is 2.52. The molecule has 2 nitrogen and oxygen atoms in total. The van der Waals surface area contributed by atoms with E-state index in [1.807, 2.05) is 6.92 Å². The molecule has 3 heteroatoms. The van der Waals surface area contributed by atoms with Gasteiger partial charge in [-0.25, -0.2) is 0 Å². The Morgan fingerprint density at radius 1 is 1.00 bits per heavy atom. The topological polar surface area (TPSA) is 20.3 Å². The number of Topliss-reactive ketones (excluding diaryl/α,β-unsaturated/α-hetero) is 1. The number of rotatable bonds is 5. The fourth-order valence-electron chi connectivity index (χ4n) is 3.89. The molecule has 24 heavy (non-hydrogen) atoms. The summed E-state index contributed by atoms with van der Waals surface area (Å²) in [6.07, 6.45) is 1.38. The molecular formula is C21H26ClNO. The van der Waals surface area contributed by atoms with Crippen LogP contribution in [0.2, 0.25) is 0 Å². The van der Waals surface area contributed by atoms with Gasteiger partial charge in [0.15, 0.2) is 0 Å². The van der Waals surface area contributed by atoms with Crippen LogP contribution in [0.5, 0.6) is 0 Å². The highest BCUT2D eigenvalue weighted by Gasteiger charge is 2.48. The quantitative estimate of drug-likeness (QED) is 0.784. The van der Waals surface area contributed by atoms with Gasteiger partial charge in [-0.3, -0.25) is 4.79 Å². The Bertz CT molecular complexity index is 693. The summed E-state index contributed by atoms with van der Waals surface area (Å²) in [5.41, 5.74) is 4.29. The van der Waals surface area contributed by atoms with E-state index in [9.17, 15) is 4.79 Å². The molecule has 1 aliphatic rings. The van der Waals surface area contributed by atoms with Crippen LogP contribution in [0.3, 0.4) is 0 Å². The van der Waals surface area contributed by atoms with Crippen molar-refractivity contribution in [1.82, 2.24) is 4.90 Å². The predicted molar refractivity (Wildman–Crippen MR) is 103 cm³/mol. The van der Waals surface area contributed by atoms with Crippen LogP contribution in [0.15, 0.2) is 48.5 Å². The Morgan fingerprint density at radius 2 is 1.46 bits per heavy atom. The van der Waals surface area contributed by atoms with E-state index >= 15 is 0 Å². The van der Waals surface area contributed by atoms with Crippen LogP contribution >= 0.6 is 12.4 Å². The lowest BCUT2D eigenvalue weighted by atomic mass is 9.69. The molecule has 0 N–H and O–H groups in total. The molecule has 0 radical (unpaired) electrons. The first-order chi connectivity index (χ1) is 11.0. The van der Waals surface area contributed by atoms with Crippen molar-refractivity contribution in [3.8, 4) is 11.1 Å². The summed E-state index contributed by atoms with van der Waals surface area (Å²) in [6.45, 7) is 4.18. The number of carbonyl (C=O) groups is 1. The zero-order chi connectivity index (χ0) is 16.6. The average molecular weight is 344 g/mol. The molecule has 0 bridgehead atoms. The molecule has 0 fully saturated rings. The second-order valence-corrected chi connectivity index (χ2v) is 6.79. The third kappa shape index (κ3) is 2.68. The number of ketones is 1. The zero-order valence-corrected chi connectivity index (χ0v) is 15.7. The molecule has 0 spiro atoms. The minimum Gasteiger partial charge on any atom is -0.307 e. The van der Waals surface area contributed by atoms with E-state index in [-0.39, 0.29) is 12.4 Å². The molecule has 1 atom stereocenters. The number of nitrogens with zero attached hydrogens (tertiary/aromatic N) is 1. The van der Waals surface area contributed by atoms with E-state index in [1.54, 1.807) is 0 Å². The van der Waals surface area contributed by atoms with Gasteiger partial charge in [0.25, 0.3) is 0 Å². The average Bonchev–Trinajstić information content (AvgIpc) is 2.86. The van der Waals surface area contributed by atoms with Crippen molar-refractivity contribution in [1.29, 1.82) is 0 Å². The molecule has 3 rings (SSSR count). The number of carbonyl (C=O) groups excluding carboxylic acids is 1. The molecule has 0 saturated carbocycles. The van der Waals surface area contributed by atoms with Crippen LogP contribution in [0.25, 0.3) is 11.1 Å². The monoisotopic (exact) mass is 343 g/mol. The zero-order valence-electron chi connectivity index (χ0n) is 14.9. The highest BCUT2D eigenvalue weighted by molar-refractivity contribution is 6.01. The summed E-state index contributed by atoms with van der Waals surface area (Å²) >= 11 is 0. The van der Waals surface area contributed by atoms with Gasteiger partial charge in [-0.05, 0) is 49.7 Å². The van der Waals surface area contributed by atoms with E-state index in [2.05, 4.69) is 74.4 Å². The number of hydrogen-bond acceptors (Lipinski definition) is 2. The molecule has 0 aromatic heterocycles. The summed E-state index contributed by atoms with van der Waals surface area (Å²) in [5, 5.41) is 0. The fraction of sp³-hybridized carbons (Fsp3) is 0.381. The lowest BCUT2D eigenvalue weighted by Gasteiger charge is -2.35. The lowest BCUT2D eigenvalue weighted by molar-refractivity contribution is -0.123. The van der Waals surface area contributed by atoms with E-state index in [4.69, 9.17) is 0 Å². The minimum atomic E-state index is -0.508. The third-order valence-corrected chi connectivity index (χ3v) is 5.34. The van der Waals surface area contributed by atoms with Crippen molar-refractivity contribution < 1.29 is 4.79 Å². The number of benzene rings is 2. The van der Waals surface area contributed by atoms with Crippen molar-refractivity contribution in [2.75, 3.05) is 14.1 Å². The maximum absolute atomic E-state index is 13.2. The van der Waals surface area contributed by atoms with E-state index in [0.29, 0.717) is 18.2 Å². The van der Waals surface area contributed by atoms with Crippen molar-refractivity contribution in [2.24, 2.45) is 0 Å². The van der Waals surface area contributed by atoms with Crippen molar-refractivity contribution in [3.05, 3.63) is 59.7 Å². The molecule has 128 valence electrons. The van der Waals surface area contributed by atoms with Crippen molar-refractivity contribution in [2.45, 2.75) is 38.1 Å². The Morgan fingerprint density at radius 3 is 1.88 bits per heavy atom. The molecule has 1 unspecified atom stereocenters. The van der Waals surface area contributed by atoms with Crippen molar-refractivity contribution >= 4 is 18.2 Å². The molecule has 2 aromatic carbocycles. The van der Waals surface area contributed by atoms with Crippen LogP contribution in [0, 0.1) is 0 Å². The standard InChI is InChI=1S/C21H25NO.ClH/c1-5-20(23)21(14-15(2)22(3)4)18-12-8-6-10-16(18)17-11-7-9-13-19(17)21;/h6-13,15H,5,14H2,1-4H3;1H. The SMILES string of the molecule is CCC(=O)C1(CC(C)N(C)C)c2ccccc2-c2ccccc21.Cl. The lowest BCUT2D eigenvalue weighted by Crippen LogP contribution is -2.41. The smallest absolute Gasteiger partial charge is 0.147 e. The summed E-state index contributed by atoms with van der Waals surface area (Å²) in [5.74, 6) is 0.323. The largest absolute Gasteiger partial charge is 0.307 e. The van der Waals surface area contributed by atoms with Gasteiger partial charge in [0.2, 0.25) is 0 Å². The van der Waals surface area contributed by atoms with Gasteiger partial charge in [0.1, 0.15) is 5.78 Å². The maximum Gasteiger partial charge on any atom is 0.147 e. The first-order valence-electron chi connectivity index (χ1n) is 8.41. The number of fused-ring (bicyclic) bond motifs is 3. The Kier molecular flexibility index (Phi) is 5.52. The molecule has 2 aromatic rings. The molecular weight excluding hydrogens is 318 g/mol. The van der Waals surface area contributed by atoms with Gasteiger partial charge in [-0.2, -0.15) is 0 Å². The van der Waals surface area contributed by atoms with E-state index in [1.165, 1.54) is 22.3 Å². The fourth-order valence-corrected chi connectivity index (χ4v) is 3.89. The third-order valence-electron chi connectivity index (χ3n) is 5.34. The Labute approximate surface area is 151 Å². The first kappa shape index (κ1) is 18.7. The summed E-state index contributed by atoms with van der Waals surface area (Å²) in [6, 6.07) is 17.2. The molecule has 0 saturated heterocycles. The van der Waals surface area contributed by atoms with Crippen LogP contribution in [0.1, 0.15) is 37.8 Å². The van der Waals surface area contributed by atoms with E-state index in [0.717, 1.165) is 6.42 Å². The second kappa shape index (κ2) is 7.08. The van der Waals surface area contributed by atoms with Gasteiger partial charge in [0, 0.05) is 12.5 Å². The molecule has 1 aliphatic carbocycles. The van der Waals surface area contributed by atoms with Gasteiger partial charge < -0.3 is 4.90 Å². The summed E-state index contributed by atoms with van der Waals surface area (Å²) in [7, 11) is 4.17. The normalized spacial score (nSPS) is 15.4. The van der Waals surface area contributed by atoms with Gasteiger partial charge in [0.05, 0.1) is 5.41 Å². The summed E-state index contributed by atoms with van der Waals surface area (Å²) < 4.78 is 0. The highest BCUT2D eigenvalue weighted by atomic mass is 35.5. The van der Waals surface area contributed by atoms with Crippen molar-refractivity contribution in [3.63, 3.8) is 0 Å². The van der Waals surface area contributed by atoms with Crippen LogP contribution in [-0.4, -0.2) is 30.8 Å². The number of halogens is 1. The van der Waals surface area contributed by atoms with Crippen LogP contribution in [0.4, 0.5) is 0 Å². The molecule has 0 aliphatic heterocycles. The van der Waals surface area contributed by atoms with Crippen LogP contribution in [-0.2, 0) is 10.2 Å². The van der Waals surface area contributed by atoms with Gasteiger partial charge >= 0.3 is 0 Å². The first-order valence-corrected chi connectivity index (χ1v) is 8.41. The minimum absolute atomic E-state index is 0. The molecule has 0 amide bonds. The summed E-state index contributed by atoms with van der Waals surface area (Å²) in [4.78, 5) is 15.4. The van der Waals surface area contributed by atoms with Gasteiger partial charge in [-0.1, -0.05) is 55.5 Å². The van der Waals surface area contributed by atoms with E-state index < -0.39 is 5.41 Å². The van der Waals surface area contributed by atoms with Gasteiger partial charge in [-0.15, -0.1) is 12.4 Å². The Balaban J connectivity index is 0.00000208. The molecule has 0 heterocycles. The second-order valence-electron chi connectivity index (χ2n) is 6.79. The Hall–Kier alpha value is -1.64. The van der Waals surface area contributed by atoms with Crippen LogP contribution < -0.4 is 0 Å².